The first-order chi connectivity index (χ1) is 11.3. The van der Waals surface area contributed by atoms with Crippen LogP contribution in [0.15, 0.2) is 30.3 Å². The Morgan fingerprint density at radius 3 is 2.26 bits per heavy atom. The van der Waals surface area contributed by atoms with E-state index in [4.69, 9.17) is 11.6 Å². The Bertz CT molecular complexity index is 689. The molecule has 0 spiro atoms. The van der Waals surface area contributed by atoms with Crippen LogP contribution < -0.4 is 0 Å². The summed E-state index contributed by atoms with van der Waals surface area (Å²) in [6.45, 7) is 0. The number of aromatic nitrogens is 2. The number of hydrogen-bond donors (Lipinski definition) is 0. The molecule has 0 amide bonds. The molecule has 2 aliphatic carbocycles. The van der Waals surface area contributed by atoms with E-state index in [0.717, 1.165) is 17.9 Å². The Morgan fingerprint density at radius 1 is 0.826 bits per heavy atom. The quantitative estimate of drug-likeness (QED) is 0.752. The van der Waals surface area contributed by atoms with Crippen molar-refractivity contribution in [1.82, 2.24) is 10.2 Å². The molecule has 0 atom stereocenters. The fraction of sp³-hybridized carbons (Fsp3) is 0.500. The van der Waals surface area contributed by atoms with Gasteiger partial charge in [-0.05, 0) is 67.9 Å². The molecule has 0 saturated heterocycles. The third kappa shape index (κ3) is 2.78. The van der Waals surface area contributed by atoms with E-state index in [1.807, 2.05) is 12.1 Å². The molecule has 0 N–H and O–H groups in total. The minimum Gasteiger partial charge on any atom is -0.155 e. The van der Waals surface area contributed by atoms with Crippen LogP contribution in [0.3, 0.4) is 0 Å². The van der Waals surface area contributed by atoms with Gasteiger partial charge in [0.05, 0.1) is 11.4 Å². The predicted octanol–water partition coefficient (Wildman–Crippen LogP) is 5.26. The summed E-state index contributed by atoms with van der Waals surface area (Å²) in [6.07, 6.45) is 11.1. The Hall–Kier alpha value is -1.41. The zero-order chi connectivity index (χ0) is 15.7. The highest BCUT2D eigenvalue weighted by atomic mass is 35.5. The fourth-order valence-corrected chi connectivity index (χ4v) is 4.20. The lowest BCUT2D eigenvalue weighted by molar-refractivity contribution is 0.290. The molecule has 2 aromatic rings. The lowest BCUT2D eigenvalue weighted by Crippen LogP contribution is -2.37. The topological polar surface area (TPSA) is 25.8 Å². The molecule has 23 heavy (non-hydrogen) atoms. The summed E-state index contributed by atoms with van der Waals surface area (Å²) < 4.78 is 0. The van der Waals surface area contributed by atoms with Gasteiger partial charge >= 0.3 is 0 Å². The van der Waals surface area contributed by atoms with Crippen LogP contribution >= 0.6 is 11.6 Å². The molecule has 4 rings (SSSR count). The molecule has 0 unspecified atom stereocenters. The molecule has 0 radical (unpaired) electrons. The summed E-state index contributed by atoms with van der Waals surface area (Å²) in [5.41, 5.74) is 5.25. The predicted molar refractivity (Wildman–Crippen MR) is 94.0 cm³/mol. The number of halogens is 1. The van der Waals surface area contributed by atoms with Crippen LogP contribution in [0.1, 0.15) is 67.5 Å². The van der Waals surface area contributed by atoms with Crippen LogP contribution in [0.4, 0.5) is 0 Å². The number of benzene rings is 1. The third-order valence-electron chi connectivity index (χ3n) is 5.66. The second-order valence-corrected chi connectivity index (χ2v) is 7.49. The van der Waals surface area contributed by atoms with Crippen molar-refractivity contribution in [1.29, 1.82) is 0 Å². The highest BCUT2D eigenvalue weighted by Gasteiger charge is 2.42. The van der Waals surface area contributed by atoms with Crippen LogP contribution in [-0.2, 0) is 18.3 Å². The molecule has 1 aromatic carbocycles. The monoisotopic (exact) mass is 326 g/mol. The van der Waals surface area contributed by atoms with Crippen molar-refractivity contribution in [2.45, 2.75) is 63.2 Å². The fourth-order valence-electron chi connectivity index (χ4n) is 4.07. The SMILES string of the molecule is Clc1ccc(C2(c3cc4c(nn3)CCCCCC4)CCC2)cc1. The molecule has 0 bridgehead atoms. The molecular weight excluding hydrogens is 304 g/mol. The van der Waals surface area contributed by atoms with Crippen LogP contribution in [0, 0.1) is 0 Å². The Kier molecular flexibility index (Phi) is 4.11. The first-order valence-electron chi connectivity index (χ1n) is 8.90. The van der Waals surface area contributed by atoms with Crippen molar-refractivity contribution in [3.05, 3.63) is 57.9 Å². The van der Waals surface area contributed by atoms with Gasteiger partial charge in [0.2, 0.25) is 0 Å². The second kappa shape index (κ2) is 6.24. The van der Waals surface area contributed by atoms with Crippen molar-refractivity contribution in [2.24, 2.45) is 0 Å². The number of hydrogen-bond acceptors (Lipinski definition) is 2. The Labute approximate surface area is 143 Å². The number of aryl methyl sites for hydroxylation is 2. The van der Waals surface area contributed by atoms with Crippen molar-refractivity contribution in [3.8, 4) is 0 Å². The van der Waals surface area contributed by atoms with Crippen LogP contribution in [0.25, 0.3) is 0 Å². The van der Waals surface area contributed by atoms with Crippen molar-refractivity contribution >= 4 is 11.6 Å². The average Bonchev–Trinajstić information content (AvgIpc) is 2.49. The minimum absolute atomic E-state index is 0.0645. The van der Waals surface area contributed by atoms with E-state index in [0.29, 0.717) is 0 Å². The van der Waals surface area contributed by atoms with Gasteiger partial charge < -0.3 is 0 Å². The average molecular weight is 327 g/mol. The molecule has 1 saturated carbocycles. The van der Waals surface area contributed by atoms with E-state index in [9.17, 15) is 0 Å². The lowest BCUT2D eigenvalue weighted by atomic mass is 9.62. The van der Waals surface area contributed by atoms with E-state index in [-0.39, 0.29) is 5.41 Å². The van der Waals surface area contributed by atoms with Crippen molar-refractivity contribution in [3.63, 3.8) is 0 Å². The summed E-state index contributed by atoms with van der Waals surface area (Å²) in [6, 6.07) is 10.7. The molecule has 1 aromatic heterocycles. The van der Waals surface area contributed by atoms with Crippen LogP contribution in [-0.4, -0.2) is 10.2 Å². The Balaban J connectivity index is 1.73. The first-order valence-corrected chi connectivity index (χ1v) is 9.28. The maximum absolute atomic E-state index is 6.07. The van der Waals surface area contributed by atoms with Crippen molar-refractivity contribution < 1.29 is 0 Å². The van der Waals surface area contributed by atoms with Crippen LogP contribution in [0.2, 0.25) is 5.02 Å². The maximum Gasteiger partial charge on any atom is 0.0739 e. The molecular formula is C20H23ClN2. The van der Waals surface area contributed by atoms with E-state index in [1.165, 1.54) is 67.5 Å². The summed E-state index contributed by atoms with van der Waals surface area (Å²) in [7, 11) is 0. The zero-order valence-corrected chi connectivity index (χ0v) is 14.3. The molecule has 2 aliphatic rings. The maximum atomic E-state index is 6.07. The van der Waals surface area contributed by atoms with E-state index >= 15 is 0 Å². The van der Waals surface area contributed by atoms with E-state index in [2.05, 4.69) is 28.4 Å². The molecule has 2 nitrogen and oxygen atoms in total. The number of nitrogens with zero attached hydrogens (tertiary/aromatic N) is 2. The van der Waals surface area contributed by atoms with Gasteiger partial charge in [-0.2, -0.15) is 10.2 Å². The summed E-state index contributed by atoms with van der Waals surface area (Å²) >= 11 is 6.07. The van der Waals surface area contributed by atoms with E-state index in [1.54, 1.807) is 0 Å². The highest BCUT2D eigenvalue weighted by molar-refractivity contribution is 6.30. The molecule has 1 fully saturated rings. The highest BCUT2D eigenvalue weighted by Crippen LogP contribution is 2.48. The molecule has 120 valence electrons. The Morgan fingerprint density at radius 2 is 1.57 bits per heavy atom. The van der Waals surface area contributed by atoms with E-state index < -0.39 is 0 Å². The van der Waals surface area contributed by atoms with Gasteiger partial charge in [0.15, 0.2) is 0 Å². The lowest BCUT2D eigenvalue weighted by Gasteiger charge is -2.42. The standard InChI is InChI=1S/C20H23ClN2/c21-17-10-8-16(9-11-17)20(12-5-13-20)19-14-15-6-3-1-2-4-7-18(15)22-23-19/h8-11,14H,1-7,12-13H2. The van der Waals surface area contributed by atoms with Gasteiger partial charge in [-0.1, -0.05) is 43.0 Å². The molecule has 0 aliphatic heterocycles. The van der Waals surface area contributed by atoms with Gasteiger partial charge in [0.1, 0.15) is 0 Å². The summed E-state index contributed by atoms with van der Waals surface area (Å²) in [5.74, 6) is 0. The normalized spacial score (nSPS) is 20.0. The smallest absolute Gasteiger partial charge is 0.0739 e. The largest absolute Gasteiger partial charge is 0.155 e. The van der Waals surface area contributed by atoms with Gasteiger partial charge in [-0.3, -0.25) is 0 Å². The number of rotatable bonds is 2. The van der Waals surface area contributed by atoms with Gasteiger partial charge in [-0.15, -0.1) is 0 Å². The second-order valence-electron chi connectivity index (χ2n) is 7.06. The van der Waals surface area contributed by atoms with Gasteiger partial charge in [0, 0.05) is 10.4 Å². The zero-order valence-electron chi connectivity index (χ0n) is 13.5. The minimum atomic E-state index is 0.0645. The number of fused-ring (bicyclic) bond motifs is 1. The first kappa shape index (κ1) is 15.1. The van der Waals surface area contributed by atoms with Gasteiger partial charge in [0.25, 0.3) is 0 Å². The van der Waals surface area contributed by atoms with Gasteiger partial charge in [-0.25, -0.2) is 0 Å². The van der Waals surface area contributed by atoms with Crippen molar-refractivity contribution in [2.75, 3.05) is 0 Å². The third-order valence-corrected chi connectivity index (χ3v) is 5.92. The molecule has 3 heteroatoms. The molecule has 1 heterocycles. The summed E-state index contributed by atoms with van der Waals surface area (Å²) in [4.78, 5) is 0. The summed E-state index contributed by atoms with van der Waals surface area (Å²) in [5, 5.41) is 10.1. The van der Waals surface area contributed by atoms with Crippen LogP contribution in [0.5, 0.6) is 0 Å².